The van der Waals surface area contributed by atoms with Gasteiger partial charge in [-0.2, -0.15) is 0 Å². The summed E-state index contributed by atoms with van der Waals surface area (Å²) >= 11 is 0. The van der Waals surface area contributed by atoms with Crippen LogP contribution in [0.5, 0.6) is 0 Å². The fourth-order valence-electron chi connectivity index (χ4n) is 4.19. The van der Waals surface area contributed by atoms with Crippen molar-refractivity contribution in [1.82, 2.24) is 0 Å². The third-order valence-corrected chi connectivity index (χ3v) is 5.63. The first-order valence-corrected chi connectivity index (χ1v) is 10.3. The van der Waals surface area contributed by atoms with Gasteiger partial charge in [0.05, 0.1) is 6.61 Å². The van der Waals surface area contributed by atoms with Crippen molar-refractivity contribution >= 4 is 23.5 Å². The Kier molecular flexibility index (Phi) is 5.71. The van der Waals surface area contributed by atoms with Crippen LogP contribution in [-0.2, 0) is 35.2 Å². The van der Waals surface area contributed by atoms with Crippen LogP contribution in [0.4, 0.5) is 5.69 Å². The second kappa shape index (κ2) is 8.47. The number of nitrogens with one attached hydrogen (secondary N) is 1. The summed E-state index contributed by atoms with van der Waals surface area (Å²) in [4.78, 5) is 39.0. The van der Waals surface area contributed by atoms with Gasteiger partial charge in [-0.1, -0.05) is 48.5 Å². The lowest BCUT2D eigenvalue weighted by Gasteiger charge is -2.34. The molecule has 0 fully saturated rings. The van der Waals surface area contributed by atoms with Crippen LogP contribution in [0.15, 0.2) is 65.9 Å². The monoisotopic (exact) mass is 437 g/mol. The molecule has 166 valence electrons. The number of anilines is 1. The van der Waals surface area contributed by atoms with E-state index in [1.165, 1.54) is 6.92 Å². The summed E-state index contributed by atoms with van der Waals surface area (Å²) in [5, 5.41) is 14.0. The molecule has 32 heavy (non-hydrogen) atoms. The molecule has 0 unspecified atom stereocenters. The number of fused-ring (bicyclic) bond motifs is 1. The second-order valence-corrected chi connectivity index (χ2v) is 7.56. The maximum Gasteiger partial charge on any atom is 0.354 e. The molecule has 3 atom stereocenters. The molecule has 2 aromatic carbocycles. The fraction of sp³-hybridized carbons (Fsp3) is 0.292. The molecule has 2 aliphatic rings. The summed E-state index contributed by atoms with van der Waals surface area (Å²) in [6, 6.07) is 15.8. The number of carbonyl (C=O) groups is 3. The first-order valence-electron chi connectivity index (χ1n) is 10.3. The van der Waals surface area contributed by atoms with Gasteiger partial charge in [-0.15, -0.1) is 0 Å². The van der Waals surface area contributed by atoms with Crippen LogP contribution in [0.25, 0.3) is 0 Å². The molecule has 0 radical (unpaired) electrons. The Morgan fingerprint density at radius 1 is 1.09 bits per heavy atom. The third-order valence-electron chi connectivity index (χ3n) is 5.63. The molecule has 8 nitrogen and oxygen atoms in total. The Labute approximate surface area is 184 Å². The largest absolute Gasteiger partial charge is 0.475 e. The van der Waals surface area contributed by atoms with Gasteiger partial charge >= 0.3 is 11.9 Å². The SMILES string of the molecule is CCOC(=O)[C@@]1([C@H]2C(=O)Nc3ccccc32)OC(C)=C(C(=O)OCc2ccccc2)[C@@H]1O. The van der Waals surface area contributed by atoms with Gasteiger partial charge < -0.3 is 24.6 Å². The standard InChI is InChI=1S/C24H23NO7/c1-3-30-23(29)24(19-16-11-7-8-12-17(16)25-21(19)27)20(26)18(14(2)32-24)22(28)31-13-15-9-5-4-6-10-15/h4-12,19-20,26H,3,13H2,1-2H3,(H,25,27)/t19-,20+,24+/m1/s1. The molecule has 0 bridgehead atoms. The van der Waals surface area contributed by atoms with Crippen molar-refractivity contribution < 1.29 is 33.7 Å². The zero-order valence-electron chi connectivity index (χ0n) is 17.7. The predicted molar refractivity (Wildman–Crippen MR) is 113 cm³/mol. The van der Waals surface area contributed by atoms with Crippen molar-refractivity contribution in [2.75, 3.05) is 11.9 Å². The maximum absolute atomic E-state index is 13.1. The fourth-order valence-corrected chi connectivity index (χ4v) is 4.19. The molecule has 0 saturated carbocycles. The normalized spacial score (nSPS) is 23.9. The smallest absolute Gasteiger partial charge is 0.354 e. The highest BCUT2D eigenvalue weighted by Gasteiger charge is 2.66. The Balaban J connectivity index is 1.68. The lowest BCUT2D eigenvalue weighted by Crippen LogP contribution is -2.56. The van der Waals surface area contributed by atoms with Crippen LogP contribution < -0.4 is 5.32 Å². The Morgan fingerprint density at radius 2 is 1.78 bits per heavy atom. The summed E-state index contributed by atoms with van der Waals surface area (Å²) in [6.07, 6.45) is -1.77. The number of carbonyl (C=O) groups excluding carboxylic acids is 3. The minimum absolute atomic E-state index is 0.000512. The predicted octanol–water partition coefficient (Wildman–Crippen LogP) is 2.43. The number of esters is 2. The van der Waals surface area contributed by atoms with Crippen LogP contribution >= 0.6 is 0 Å². The van der Waals surface area contributed by atoms with Crippen LogP contribution in [0.2, 0.25) is 0 Å². The number of hydrogen-bond acceptors (Lipinski definition) is 7. The van der Waals surface area contributed by atoms with Gasteiger partial charge in [0.15, 0.2) is 0 Å². The summed E-state index contributed by atoms with van der Waals surface area (Å²) in [5.74, 6) is -3.53. The van der Waals surface area contributed by atoms with E-state index in [-0.39, 0.29) is 24.5 Å². The van der Waals surface area contributed by atoms with E-state index in [0.29, 0.717) is 11.3 Å². The highest BCUT2D eigenvalue weighted by atomic mass is 16.6. The van der Waals surface area contributed by atoms with Gasteiger partial charge in [0.2, 0.25) is 5.91 Å². The number of rotatable bonds is 6. The molecular weight excluding hydrogens is 414 g/mol. The lowest BCUT2D eigenvalue weighted by atomic mass is 9.77. The highest BCUT2D eigenvalue weighted by Crippen LogP contribution is 2.49. The van der Waals surface area contributed by atoms with E-state index < -0.39 is 35.5 Å². The molecule has 2 N–H and O–H groups in total. The average molecular weight is 437 g/mol. The minimum atomic E-state index is -2.15. The van der Waals surface area contributed by atoms with Crippen molar-refractivity contribution in [1.29, 1.82) is 0 Å². The molecule has 0 spiro atoms. The van der Waals surface area contributed by atoms with E-state index in [0.717, 1.165) is 5.56 Å². The third kappa shape index (κ3) is 3.42. The van der Waals surface area contributed by atoms with Crippen LogP contribution in [0, 0.1) is 0 Å². The molecule has 1 amide bonds. The number of aliphatic hydroxyl groups is 1. The molecule has 4 rings (SSSR count). The Hall–Kier alpha value is -3.65. The first-order chi connectivity index (χ1) is 15.4. The lowest BCUT2D eigenvalue weighted by molar-refractivity contribution is -0.178. The number of aliphatic hydroxyl groups excluding tert-OH is 1. The molecule has 0 aliphatic carbocycles. The van der Waals surface area contributed by atoms with E-state index in [2.05, 4.69) is 5.32 Å². The van der Waals surface area contributed by atoms with E-state index >= 15 is 0 Å². The number of amides is 1. The van der Waals surface area contributed by atoms with Gasteiger partial charge in [-0.05, 0) is 31.0 Å². The van der Waals surface area contributed by atoms with Crippen LogP contribution in [0.1, 0.15) is 30.9 Å². The minimum Gasteiger partial charge on any atom is -0.475 e. The van der Waals surface area contributed by atoms with Crippen molar-refractivity contribution in [3.63, 3.8) is 0 Å². The van der Waals surface area contributed by atoms with E-state index in [4.69, 9.17) is 14.2 Å². The Bertz CT molecular complexity index is 1090. The number of ether oxygens (including phenoxy) is 3. The maximum atomic E-state index is 13.1. The first kappa shape index (κ1) is 21.6. The molecular formula is C24H23NO7. The van der Waals surface area contributed by atoms with Crippen molar-refractivity contribution in [3.8, 4) is 0 Å². The van der Waals surface area contributed by atoms with Gasteiger partial charge in [0.25, 0.3) is 5.60 Å². The molecule has 2 aromatic rings. The topological polar surface area (TPSA) is 111 Å². The van der Waals surface area contributed by atoms with Crippen LogP contribution in [0.3, 0.4) is 0 Å². The van der Waals surface area contributed by atoms with Gasteiger partial charge in [0, 0.05) is 5.69 Å². The summed E-state index contributed by atoms with van der Waals surface area (Å²) < 4.78 is 16.4. The molecule has 8 heteroatoms. The molecule has 0 saturated heterocycles. The highest BCUT2D eigenvalue weighted by molar-refractivity contribution is 6.08. The quantitative estimate of drug-likeness (QED) is 0.668. The number of hydrogen-bond donors (Lipinski definition) is 2. The summed E-state index contributed by atoms with van der Waals surface area (Å²) in [7, 11) is 0. The number of benzene rings is 2. The second-order valence-electron chi connectivity index (χ2n) is 7.56. The van der Waals surface area contributed by atoms with Crippen molar-refractivity contribution in [2.24, 2.45) is 0 Å². The van der Waals surface area contributed by atoms with E-state index in [1.807, 2.05) is 18.2 Å². The van der Waals surface area contributed by atoms with E-state index in [9.17, 15) is 19.5 Å². The van der Waals surface area contributed by atoms with E-state index in [1.54, 1.807) is 43.3 Å². The zero-order chi connectivity index (χ0) is 22.9. The van der Waals surface area contributed by atoms with Gasteiger partial charge in [-0.3, -0.25) is 4.79 Å². The van der Waals surface area contributed by atoms with Crippen LogP contribution in [-0.4, -0.2) is 41.3 Å². The molecule has 0 aromatic heterocycles. The molecule has 2 aliphatic heterocycles. The summed E-state index contributed by atoms with van der Waals surface area (Å²) in [5.41, 5.74) is -0.645. The van der Waals surface area contributed by atoms with Crippen molar-refractivity contribution in [2.45, 2.75) is 38.1 Å². The van der Waals surface area contributed by atoms with Crippen molar-refractivity contribution in [3.05, 3.63) is 77.1 Å². The number of para-hydroxylation sites is 1. The zero-order valence-corrected chi connectivity index (χ0v) is 17.7. The number of allylic oxidation sites excluding steroid dienone is 1. The van der Waals surface area contributed by atoms with Gasteiger partial charge in [-0.25, -0.2) is 9.59 Å². The van der Waals surface area contributed by atoms with Gasteiger partial charge in [0.1, 0.15) is 30.0 Å². The average Bonchev–Trinajstić information content (AvgIpc) is 3.26. The Morgan fingerprint density at radius 3 is 2.50 bits per heavy atom. The summed E-state index contributed by atoms with van der Waals surface area (Å²) in [6.45, 7) is 3.02. The molecule has 2 heterocycles.